The van der Waals surface area contributed by atoms with Crippen LogP contribution in [0.5, 0.6) is 5.75 Å². The predicted molar refractivity (Wildman–Crippen MR) is 77.1 cm³/mol. The van der Waals surface area contributed by atoms with Crippen molar-refractivity contribution in [2.45, 2.75) is 31.7 Å². The van der Waals surface area contributed by atoms with E-state index >= 15 is 0 Å². The molecule has 1 atom stereocenters. The molecule has 0 fully saturated rings. The molecule has 0 heterocycles. The Morgan fingerprint density at radius 3 is 2.67 bits per heavy atom. The van der Waals surface area contributed by atoms with Crippen LogP contribution in [0, 0.1) is 0 Å². The number of amides is 1. The lowest BCUT2D eigenvalue weighted by Crippen LogP contribution is -2.41. The van der Waals surface area contributed by atoms with Gasteiger partial charge in [0.05, 0.1) is 0 Å². The van der Waals surface area contributed by atoms with Gasteiger partial charge in [-0.3, -0.25) is 4.79 Å². The number of para-hydroxylation sites is 1. The van der Waals surface area contributed by atoms with Crippen molar-refractivity contribution >= 4 is 11.9 Å². The molecule has 0 bridgehead atoms. The van der Waals surface area contributed by atoms with Crippen LogP contribution in [0.15, 0.2) is 24.3 Å². The lowest BCUT2D eigenvalue weighted by molar-refractivity contribution is -0.142. The van der Waals surface area contributed by atoms with Gasteiger partial charge in [-0.25, -0.2) is 4.79 Å². The highest BCUT2D eigenvalue weighted by atomic mass is 16.5. The minimum Gasteiger partial charge on any atom is -0.508 e. The number of carboxylic acid groups (broad SMARTS) is 1. The quantitative estimate of drug-likeness (QED) is 0.597. The van der Waals surface area contributed by atoms with E-state index in [0.29, 0.717) is 31.4 Å². The lowest BCUT2D eigenvalue weighted by atomic mass is 10.1. The van der Waals surface area contributed by atoms with Crippen molar-refractivity contribution in [2.24, 2.45) is 0 Å². The second-order valence-corrected chi connectivity index (χ2v) is 4.72. The first-order valence-electron chi connectivity index (χ1n) is 6.82. The van der Waals surface area contributed by atoms with Crippen molar-refractivity contribution in [3.05, 3.63) is 29.8 Å². The Kier molecular flexibility index (Phi) is 7.25. The summed E-state index contributed by atoms with van der Waals surface area (Å²) in [5.41, 5.74) is 0.666. The third kappa shape index (κ3) is 6.27. The molecular formula is C15H21NO5. The summed E-state index contributed by atoms with van der Waals surface area (Å²) in [7, 11) is 1.54. The van der Waals surface area contributed by atoms with Gasteiger partial charge in [0, 0.05) is 20.1 Å². The van der Waals surface area contributed by atoms with Gasteiger partial charge in [0.2, 0.25) is 5.91 Å². The maximum atomic E-state index is 11.8. The van der Waals surface area contributed by atoms with E-state index in [9.17, 15) is 14.7 Å². The second-order valence-electron chi connectivity index (χ2n) is 4.72. The summed E-state index contributed by atoms with van der Waals surface area (Å²) in [4.78, 5) is 22.8. The summed E-state index contributed by atoms with van der Waals surface area (Å²) in [5.74, 6) is -1.26. The Labute approximate surface area is 123 Å². The molecule has 6 heteroatoms. The van der Waals surface area contributed by atoms with E-state index < -0.39 is 12.0 Å². The van der Waals surface area contributed by atoms with E-state index in [1.54, 1.807) is 31.4 Å². The molecule has 1 amide bonds. The van der Waals surface area contributed by atoms with Crippen LogP contribution in [0.2, 0.25) is 0 Å². The molecule has 0 radical (unpaired) electrons. The molecule has 1 aromatic carbocycles. The minimum absolute atomic E-state index is 0.131. The molecule has 1 rings (SSSR count). The summed E-state index contributed by atoms with van der Waals surface area (Å²) in [6.07, 6.45) is 1.38. The van der Waals surface area contributed by atoms with Gasteiger partial charge >= 0.3 is 5.97 Å². The SMILES string of the molecule is COCCCC(NC(=O)CCc1ccccc1O)C(=O)O. The predicted octanol–water partition coefficient (Wildman–Crippen LogP) is 1.32. The van der Waals surface area contributed by atoms with Gasteiger partial charge in [-0.2, -0.15) is 0 Å². The van der Waals surface area contributed by atoms with Crippen molar-refractivity contribution in [2.75, 3.05) is 13.7 Å². The number of benzene rings is 1. The minimum atomic E-state index is -1.05. The van der Waals surface area contributed by atoms with Crippen molar-refractivity contribution in [1.82, 2.24) is 5.32 Å². The maximum absolute atomic E-state index is 11.8. The summed E-state index contributed by atoms with van der Waals surface area (Å²) >= 11 is 0. The molecule has 1 aromatic rings. The Morgan fingerprint density at radius 2 is 2.05 bits per heavy atom. The summed E-state index contributed by atoms with van der Waals surface area (Å²) in [6, 6.07) is 5.86. The van der Waals surface area contributed by atoms with Crippen LogP contribution in [0.4, 0.5) is 0 Å². The summed E-state index contributed by atoms with van der Waals surface area (Å²) in [5, 5.41) is 21.1. The number of rotatable bonds is 9. The van der Waals surface area contributed by atoms with E-state index in [1.165, 1.54) is 0 Å². The first-order valence-corrected chi connectivity index (χ1v) is 6.82. The molecule has 21 heavy (non-hydrogen) atoms. The number of carboxylic acids is 1. The monoisotopic (exact) mass is 295 g/mol. The first-order chi connectivity index (χ1) is 10.0. The fraction of sp³-hybridized carbons (Fsp3) is 0.467. The molecule has 0 spiro atoms. The number of aryl methyl sites for hydroxylation is 1. The molecule has 0 aliphatic heterocycles. The number of ether oxygens (including phenoxy) is 1. The largest absolute Gasteiger partial charge is 0.508 e. The van der Waals surface area contributed by atoms with E-state index in [1.807, 2.05) is 0 Å². The molecule has 0 aliphatic rings. The zero-order chi connectivity index (χ0) is 15.7. The Balaban J connectivity index is 2.43. The van der Waals surface area contributed by atoms with Crippen LogP contribution >= 0.6 is 0 Å². The smallest absolute Gasteiger partial charge is 0.326 e. The van der Waals surface area contributed by atoms with Crippen LogP contribution in [0.3, 0.4) is 0 Å². The molecular weight excluding hydrogens is 274 g/mol. The maximum Gasteiger partial charge on any atom is 0.326 e. The summed E-state index contributed by atoms with van der Waals surface area (Å²) < 4.78 is 4.86. The van der Waals surface area contributed by atoms with Crippen LogP contribution in [-0.4, -0.2) is 41.8 Å². The van der Waals surface area contributed by atoms with E-state index in [2.05, 4.69) is 5.32 Å². The van der Waals surface area contributed by atoms with E-state index in [4.69, 9.17) is 9.84 Å². The highest BCUT2D eigenvalue weighted by Crippen LogP contribution is 2.17. The van der Waals surface area contributed by atoms with Gasteiger partial charge in [0.25, 0.3) is 0 Å². The molecule has 0 aromatic heterocycles. The average Bonchev–Trinajstić information content (AvgIpc) is 2.45. The van der Waals surface area contributed by atoms with Gasteiger partial charge in [-0.1, -0.05) is 18.2 Å². The molecule has 0 saturated carbocycles. The number of carbonyl (C=O) groups excluding carboxylic acids is 1. The van der Waals surface area contributed by atoms with Crippen molar-refractivity contribution in [3.63, 3.8) is 0 Å². The summed E-state index contributed by atoms with van der Waals surface area (Å²) in [6.45, 7) is 0.456. The number of carbonyl (C=O) groups is 2. The molecule has 1 unspecified atom stereocenters. The molecule has 116 valence electrons. The number of nitrogens with one attached hydrogen (secondary N) is 1. The molecule has 3 N–H and O–H groups in total. The average molecular weight is 295 g/mol. The van der Waals surface area contributed by atoms with E-state index in [-0.39, 0.29) is 18.1 Å². The van der Waals surface area contributed by atoms with Gasteiger partial charge in [0.1, 0.15) is 11.8 Å². The van der Waals surface area contributed by atoms with Crippen LogP contribution < -0.4 is 5.32 Å². The van der Waals surface area contributed by atoms with Crippen molar-refractivity contribution in [3.8, 4) is 5.75 Å². The standard InChI is InChI=1S/C15H21NO5/c1-21-10-4-6-12(15(19)20)16-14(18)9-8-11-5-2-3-7-13(11)17/h2-3,5,7,12,17H,4,6,8-10H2,1H3,(H,16,18)(H,19,20). The number of aliphatic carboxylic acids is 1. The third-order valence-electron chi connectivity index (χ3n) is 3.09. The zero-order valence-electron chi connectivity index (χ0n) is 12.0. The van der Waals surface area contributed by atoms with Crippen molar-refractivity contribution in [1.29, 1.82) is 0 Å². The highest BCUT2D eigenvalue weighted by molar-refractivity contribution is 5.83. The normalized spacial score (nSPS) is 11.9. The fourth-order valence-corrected chi connectivity index (χ4v) is 1.93. The van der Waals surface area contributed by atoms with Crippen LogP contribution in [0.25, 0.3) is 0 Å². The topological polar surface area (TPSA) is 95.9 Å². The highest BCUT2D eigenvalue weighted by Gasteiger charge is 2.19. The Bertz CT molecular complexity index is 475. The third-order valence-corrected chi connectivity index (χ3v) is 3.09. The van der Waals surface area contributed by atoms with Crippen molar-refractivity contribution < 1.29 is 24.5 Å². The number of methoxy groups -OCH3 is 1. The zero-order valence-corrected chi connectivity index (χ0v) is 12.0. The van der Waals surface area contributed by atoms with Gasteiger partial charge in [-0.05, 0) is 30.9 Å². The number of hydrogen-bond acceptors (Lipinski definition) is 4. The number of phenolic OH excluding ortho intramolecular Hbond substituents is 1. The number of phenols is 1. The fourth-order valence-electron chi connectivity index (χ4n) is 1.93. The second kappa shape index (κ2) is 8.97. The molecule has 0 aliphatic carbocycles. The van der Waals surface area contributed by atoms with E-state index in [0.717, 1.165) is 0 Å². The van der Waals surface area contributed by atoms with Gasteiger partial charge in [0.15, 0.2) is 0 Å². The van der Waals surface area contributed by atoms with Gasteiger partial charge < -0.3 is 20.3 Å². The van der Waals surface area contributed by atoms with Crippen LogP contribution in [0.1, 0.15) is 24.8 Å². The molecule has 0 saturated heterocycles. The number of aromatic hydroxyl groups is 1. The lowest BCUT2D eigenvalue weighted by Gasteiger charge is -2.14. The number of hydrogen-bond donors (Lipinski definition) is 3. The van der Waals surface area contributed by atoms with Crippen LogP contribution in [-0.2, 0) is 20.7 Å². The Morgan fingerprint density at radius 1 is 1.33 bits per heavy atom. The Hall–Kier alpha value is -2.08. The van der Waals surface area contributed by atoms with Gasteiger partial charge in [-0.15, -0.1) is 0 Å². The molecule has 6 nitrogen and oxygen atoms in total. The first kappa shape index (κ1) is 17.0.